The quantitative estimate of drug-likeness (QED) is 0.169. The molecular formula is C22H15F17O4. The van der Waals surface area contributed by atoms with E-state index in [1.807, 2.05) is 0 Å². The second-order valence-corrected chi connectivity index (χ2v) is 8.43. The van der Waals surface area contributed by atoms with Crippen LogP contribution in [-0.4, -0.2) is 73.8 Å². The van der Waals surface area contributed by atoms with Crippen LogP contribution in [0.3, 0.4) is 0 Å². The fourth-order valence-electron chi connectivity index (χ4n) is 3.27. The fraction of sp³-hybridized carbons (Fsp3) is 0.545. The van der Waals surface area contributed by atoms with Gasteiger partial charge in [-0.2, -0.15) is 74.6 Å². The smallest absolute Gasteiger partial charge is 0.460 e. The molecule has 0 fully saturated rings. The molecule has 0 saturated heterocycles. The molecule has 0 amide bonds. The third kappa shape index (κ3) is 5.69. The molecule has 1 rings (SSSR count). The summed E-state index contributed by atoms with van der Waals surface area (Å²) in [6.07, 6.45) is -11.6. The van der Waals surface area contributed by atoms with Crippen molar-refractivity contribution in [3.05, 3.63) is 41.0 Å². The highest BCUT2D eigenvalue weighted by atomic mass is 19.4. The molecule has 4 nitrogen and oxygen atoms in total. The van der Waals surface area contributed by atoms with E-state index < -0.39 is 89.1 Å². The summed E-state index contributed by atoms with van der Waals surface area (Å²) in [7, 11) is 1.45. The molecule has 0 radical (unpaired) electrons. The van der Waals surface area contributed by atoms with Crippen LogP contribution in [0.4, 0.5) is 74.6 Å². The number of carbonyl (C=O) groups excluding carboxylic acids is 2. The van der Waals surface area contributed by atoms with Crippen molar-refractivity contribution in [2.24, 2.45) is 0 Å². The van der Waals surface area contributed by atoms with Crippen molar-refractivity contribution in [1.82, 2.24) is 0 Å². The van der Waals surface area contributed by atoms with Crippen LogP contribution in [0.1, 0.15) is 38.3 Å². The van der Waals surface area contributed by atoms with Crippen LogP contribution in [-0.2, 0) is 15.9 Å². The molecule has 43 heavy (non-hydrogen) atoms. The summed E-state index contributed by atoms with van der Waals surface area (Å²) in [6, 6.07) is 1.12. The van der Waals surface area contributed by atoms with Crippen molar-refractivity contribution in [1.29, 1.82) is 0 Å². The zero-order valence-electron chi connectivity index (χ0n) is 20.9. The molecule has 0 heterocycles. The van der Waals surface area contributed by atoms with E-state index >= 15 is 0 Å². The first kappa shape index (κ1) is 37.7. The van der Waals surface area contributed by atoms with E-state index in [1.54, 1.807) is 0 Å². The summed E-state index contributed by atoms with van der Waals surface area (Å²) in [5.74, 6) is -60.1. The fourth-order valence-corrected chi connectivity index (χ4v) is 3.27. The number of esters is 2. The predicted molar refractivity (Wildman–Crippen MR) is 108 cm³/mol. The zero-order chi connectivity index (χ0) is 34.4. The lowest BCUT2D eigenvalue weighted by Gasteiger charge is -2.42. The Kier molecular flexibility index (Phi) is 9.94. The number of hydrogen-bond acceptors (Lipinski definition) is 4. The minimum atomic E-state index is -8.74. The maximum atomic E-state index is 14.4. The summed E-state index contributed by atoms with van der Waals surface area (Å²) in [6.45, 7) is 3.24. The third-order valence-corrected chi connectivity index (χ3v) is 5.80. The average Bonchev–Trinajstić information content (AvgIpc) is 2.88. The second-order valence-electron chi connectivity index (χ2n) is 8.43. The maximum Gasteiger partial charge on any atom is 0.460 e. The molecule has 0 aliphatic heterocycles. The zero-order valence-corrected chi connectivity index (χ0v) is 20.9. The first-order chi connectivity index (χ1) is 19.0. The number of hydrogen-bond donors (Lipinski definition) is 0. The Labute approximate surface area is 228 Å². The minimum absolute atomic E-state index is 0.293. The van der Waals surface area contributed by atoms with Gasteiger partial charge in [0.15, 0.2) is 0 Å². The van der Waals surface area contributed by atoms with Crippen LogP contribution < -0.4 is 0 Å². The van der Waals surface area contributed by atoms with E-state index in [0.29, 0.717) is 19.2 Å². The lowest BCUT2D eigenvalue weighted by molar-refractivity contribution is -0.461. The van der Waals surface area contributed by atoms with Crippen LogP contribution in [0.15, 0.2) is 18.7 Å². The SMILES string of the molecule is C=Cc1cc(C(=O)OC)c(CCC(F)(F)C(F)(F)C(F)(F)C(F)(F)C(F)(F)C(F)(F)C(F)(F)C(F)(F)F)cc1C(=O)OC. The Balaban J connectivity index is 3.69. The van der Waals surface area contributed by atoms with E-state index in [2.05, 4.69) is 16.1 Å². The Morgan fingerprint density at radius 2 is 1.00 bits per heavy atom. The van der Waals surface area contributed by atoms with Gasteiger partial charge in [0.2, 0.25) is 0 Å². The minimum Gasteiger partial charge on any atom is -0.465 e. The molecule has 0 aliphatic carbocycles. The highest BCUT2D eigenvalue weighted by Gasteiger charge is 2.95. The molecule has 0 atom stereocenters. The molecule has 0 bridgehead atoms. The monoisotopic (exact) mass is 666 g/mol. The summed E-state index contributed by atoms with van der Waals surface area (Å²) in [5.41, 5.74) is -2.75. The summed E-state index contributed by atoms with van der Waals surface area (Å²) >= 11 is 0. The van der Waals surface area contributed by atoms with Crippen molar-refractivity contribution in [2.45, 2.75) is 60.5 Å². The summed E-state index contributed by atoms with van der Waals surface area (Å²) < 4.78 is 238. The number of halogens is 17. The van der Waals surface area contributed by atoms with E-state index in [4.69, 9.17) is 0 Å². The van der Waals surface area contributed by atoms with E-state index in [1.165, 1.54) is 0 Å². The van der Waals surface area contributed by atoms with Gasteiger partial charge in [0.25, 0.3) is 0 Å². The van der Waals surface area contributed by atoms with Gasteiger partial charge in [0, 0.05) is 6.42 Å². The molecule has 0 aliphatic rings. The van der Waals surface area contributed by atoms with Crippen LogP contribution in [0.5, 0.6) is 0 Å². The van der Waals surface area contributed by atoms with Crippen LogP contribution in [0.2, 0.25) is 0 Å². The second kappa shape index (κ2) is 11.3. The lowest BCUT2D eigenvalue weighted by atomic mass is 9.87. The first-order valence-electron chi connectivity index (χ1n) is 10.7. The Morgan fingerprint density at radius 3 is 1.37 bits per heavy atom. The standard InChI is InChI=1S/C22H15F17O4/c1-4-9-7-12(14(41)43-3)10(8-11(9)13(40)42-2)5-6-15(23,24)16(25,26)17(27,28)18(29,30)19(31,32)20(33,34)21(35,36)22(37,38)39/h4,7-8H,1,5-6H2,2-3H3. The number of ether oxygens (including phenoxy) is 2. The number of methoxy groups -OCH3 is 2. The largest absolute Gasteiger partial charge is 0.465 e. The Bertz CT molecular complexity index is 1230. The molecular weight excluding hydrogens is 651 g/mol. The van der Waals surface area contributed by atoms with Crippen LogP contribution in [0, 0.1) is 0 Å². The maximum absolute atomic E-state index is 14.4. The molecule has 0 unspecified atom stereocenters. The molecule has 0 spiro atoms. The van der Waals surface area contributed by atoms with Gasteiger partial charge in [0.1, 0.15) is 0 Å². The van der Waals surface area contributed by atoms with Crippen molar-refractivity contribution in [3.8, 4) is 0 Å². The summed E-state index contributed by atoms with van der Waals surface area (Å²) in [5, 5.41) is 0. The highest BCUT2D eigenvalue weighted by Crippen LogP contribution is 2.64. The molecule has 246 valence electrons. The van der Waals surface area contributed by atoms with Gasteiger partial charge < -0.3 is 9.47 Å². The number of rotatable bonds is 12. The van der Waals surface area contributed by atoms with Gasteiger partial charge in [-0.25, -0.2) is 9.59 Å². The van der Waals surface area contributed by atoms with E-state index in [9.17, 15) is 84.2 Å². The van der Waals surface area contributed by atoms with Gasteiger partial charge in [-0.15, -0.1) is 0 Å². The topological polar surface area (TPSA) is 52.6 Å². The average molecular weight is 666 g/mol. The number of benzene rings is 1. The normalized spacial score (nSPS) is 14.4. The third-order valence-electron chi connectivity index (χ3n) is 5.80. The van der Waals surface area contributed by atoms with Gasteiger partial charge in [-0.3, -0.25) is 0 Å². The predicted octanol–water partition coefficient (Wildman–Crippen LogP) is 7.84. The summed E-state index contributed by atoms with van der Waals surface area (Å²) in [4.78, 5) is 23.9. The van der Waals surface area contributed by atoms with Gasteiger partial charge in [-0.1, -0.05) is 12.7 Å². The molecule has 21 heteroatoms. The highest BCUT2D eigenvalue weighted by molar-refractivity contribution is 5.98. The van der Waals surface area contributed by atoms with Crippen LogP contribution >= 0.6 is 0 Å². The molecule has 1 aromatic carbocycles. The Hall–Kier alpha value is -3.29. The van der Waals surface area contributed by atoms with Crippen molar-refractivity contribution < 1.29 is 93.7 Å². The molecule has 0 aromatic heterocycles. The van der Waals surface area contributed by atoms with Gasteiger partial charge in [0.05, 0.1) is 25.3 Å². The first-order valence-corrected chi connectivity index (χ1v) is 10.7. The number of carbonyl (C=O) groups is 2. The van der Waals surface area contributed by atoms with E-state index in [-0.39, 0.29) is 5.56 Å². The Morgan fingerprint density at radius 1 is 0.628 bits per heavy atom. The van der Waals surface area contributed by atoms with E-state index in [0.717, 1.165) is 13.2 Å². The molecule has 0 N–H and O–H groups in total. The lowest BCUT2D eigenvalue weighted by Crippen LogP contribution is -2.74. The number of aryl methyl sites for hydroxylation is 1. The van der Waals surface area contributed by atoms with Gasteiger partial charge in [-0.05, 0) is 29.7 Å². The van der Waals surface area contributed by atoms with Gasteiger partial charge >= 0.3 is 59.6 Å². The van der Waals surface area contributed by atoms with Crippen molar-refractivity contribution in [3.63, 3.8) is 0 Å². The molecule has 0 saturated carbocycles. The molecule has 1 aromatic rings. The van der Waals surface area contributed by atoms with Crippen molar-refractivity contribution >= 4 is 18.0 Å². The number of alkyl halides is 17. The van der Waals surface area contributed by atoms with Crippen LogP contribution in [0.25, 0.3) is 6.08 Å². The van der Waals surface area contributed by atoms with Crippen molar-refractivity contribution in [2.75, 3.05) is 14.2 Å².